The van der Waals surface area contributed by atoms with E-state index in [1.54, 1.807) is 0 Å². The zero-order valence-electron chi connectivity index (χ0n) is 23.7. The molecular formula is C34H44ClN3O. The Morgan fingerprint density at radius 2 is 2.10 bits per heavy atom. The molecule has 0 amide bonds. The Bertz CT molecular complexity index is 1260. The molecule has 4 aliphatic rings. The van der Waals surface area contributed by atoms with Gasteiger partial charge in [-0.1, -0.05) is 37.6 Å². The van der Waals surface area contributed by atoms with Crippen LogP contribution in [-0.2, 0) is 11.8 Å². The van der Waals surface area contributed by atoms with Gasteiger partial charge in [0.1, 0.15) is 5.75 Å². The summed E-state index contributed by atoms with van der Waals surface area (Å²) in [6.45, 7) is 12.4. The van der Waals surface area contributed by atoms with Gasteiger partial charge in [-0.25, -0.2) is 0 Å². The lowest BCUT2D eigenvalue weighted by Gasteiger charge is -2.49. The molecule has 1 spiro atoms. The van der Waals surface area contributed by atoms with E-state index in [9.17, 15) is 0 Å². The molecule has 0 radical (unpaired) electrons. The predicted molar refractivity (Wildman–Crippen MR) is 163 cm³/mol. The first-order chi connectivity index (χ1) is 18.8. The Morgan fingerprint density at radius 3 is 2.87 bits per heavy atom. The van der Waals surface area contributed by atoms with Crippen LogP contribution < -0.4 is 15.0 Å². The van der Waals surface area contributed by atoms with Crippen molar-refractivity contribution in [2.24, 2.45) is 17.3 Å². The lowest BCUT2D eigenvalue weighted by molar-refractivity contribution is 0.0834. The molecule has 6 rings (SSSR count). The number of nitrogens with one attached hydrogen (secondary N) is 2. The summed E-state index contributed by atoms with van der Waals surface area (Å²) in [6, 6.07) is 13.5. The number of halogens is 1. The smallest absolute Gasteiger partial charge is 0.142 e. The molecule has 2 fully saturated rings. The number of hydrogen-bond acceptors (Lipinski definition) is 4. The van der Waals surface area contributed by atoms with E-state index >= 15 is 0 Å². The van der Waals surface area contributed by atoms with E-state index in [0.717, 1.165) is 61.7 Å². The third-order valence-electron chi connectivity index (χ3n) is 10.5. The Labute approximate surface area is 239 Å². The van der Waals surface area contributed by atoms with Gasteiger partial charge in [0.25, 0.3) is 0 Å². The number of allylic oxidation sites excluding steroid dienone is 1. The van der Waals surface area contributed by atoms with Gasteiger partial charge >= 0.3 is 0 Å². The van der Waals surface area contributed by atoms with Crippen LogP contribution in [0.2, 0.25) is 5.02 Å². The first-order valence-electron chi connectivity index (χ1n) is 15.1. The summed E-state index contributed by atoms with van der Waals surface area (Å²) < 4.78 is 6.68. The maximum absolute atomic E-state index is 8.54. The van der Waals surface area contributed by atoms with Crippen molar-refractivity contribution < 1.29 is 4.74 Å². The minimum atomic E-state index is -0.0562. The zero-order valence-corrected chi connectivity index (χ0v) is 24.5. The van der Waals surface area contributed by atoms with Gasteiger partial charge in [0.05, 0.1) is 12.3 Å². The van der Waals surface area contributed by atoms with Crippen molar-refractivity contribution in [1.82, 2.24) is 5.32 Å². The second-order valence-electron chi connectivity index (χ2n) is 13.0. The summed E-state index contributed by atoms with van der Waals surface area (Å²) in [6.07, 6.45) is 11.2. The SMILES string of the molecule is C=CC1(C)CCN[C@@H]([C@@H]2CCC2CN2C[C@@]3(CCCc4cc(Cl)ccc43)COc3ccc(C(=N)CC)cc32)C1. The molecule has 2 aliphatic heterocycles. The summed E-state index contributed by atoms with van der Waals surface area (Å²) in [7, 11) is 0. The summed E-state index contributed by atoms with van der Waals surface area (Å²) in [5.41, 5.74) is 5.85. The number of piperidine rings is 1. The van der Waals surface area contributed by atoms with Crippen molar-refractivity contribution in [3.8, 4) is 5.75 Å². The largest absolute Gasteiger partial charge is 0.490 e. The van der Waals surface area contributed by atoms with Gasteiger partial charge in [-0.15, -0.1) is 6.58 Å². The van der Waals surface area contributed by atoms with Crippen molar-refractivity contribution in [1.29, 1.82) is 5.41 Å². The molecule has 0 aromatic heterocycles. The van der Waals surface area contributed by atoms with E-state index in [2.05, 4.69) is 73.1 Å². The van der Waals surface area contributed by atoms with Crippen LogP contribution in [0, 0.1) is 22.7 Å². The normalized spacial score (nSPS) is 31.9. The van der Waals surface area contributed by atoms with Gasteiger partial charge in [-0.05, 0) is 122 Å². The number of benzene rings is 2. The average Bonchev–Trinajstić information content (AvgIpc) is 3.07. The van der Waals surface area contributed by atoms with Crippen LogP contribution in [0.1, 0.15) is 75.5 Å². The zero-order chi connectivity index (χ0) is 27.2. The molecule has 0 bridgehead atoms. The maximum Gasteiger partial charge on any atom is 0.142 e. The summed E-state index contributed by atoms with van der Waals surface area (Å²) >= 11 is 6.44. The number of nitrogens with zero attached hydrogens (tertiary/aromatic N) is 1. The Balaban J connectivity index is 1.34. The molecule has 2 N–H and O–H groups in total. The van der Waals surface area contributed by atoms with E-state index in [1.807, 2.05) is 0 Å². The fourth-order valence-electron chi connectivity index (χ4n) is 7.85. The molecular weight excluding hydrogens is 502 g/mol. The molecule has 2 aromatic carbocycles. The topological polar surface area (TPSA) is 48.4 Å². The third-order valence-corrected chi connectivity index (χ3v) is 10.7. The lowest BCUT2D eigenvalue weighted by Crippen LogP contribution is -2.54. The minimum absolute atomic E-state index is 0.0562. The van der Waals surface area contributed by atoms with Crippen LogP contribution in [0.3, 0.4) is 0 Å². The van der Waals surface area contributed by atoms with Gasteiger partial charge in [-0.3, -0.25) is 0 Å². The highest BCUT2D eigenvalue weighted by atomic mass is 35.5. The van der Waals surface area contributed by atoms with Crippen molar-refractivity contribution >= 4 is 23.0 Å². The molecule has 2 heterocycles. The van der Waals surface area contributed by atoms with Crippen LogP contribution in [0.25, 0.3) is 0 Å². The van der Waals surface area contributed by atoms with Crippen molar-refractivity contribution in [3.63, 3.8) is 0 Å². The highest BCUT2D eigenvalue weighted by molar-refractivity contribution is 6.30. The number of ether oxygens (including phenoxy) is 1. The van der Waals surface area contributed by atoms with E-state index < -0.39 is 0 Å². The monoisotopic (exact) mass is 545 g/mol. The van der Waals surface area contributed by atoms with Crippen LogP contribution in [0.4, 0.5) is 5.69 Å². The first kappa shape index (κ1) is 26.9. The third kappa shape index (κ3) is 5.04. The molecule has 1 saturated heterocycles. The fourth-order valence-corrected chi connectivity index (χ4v) is 8.04. The lowest BCUT2D eigenvalue weighted by atomic mass is 9.64. The second-order valence-corrected chi connectivity index (χ2v) is 13.4. The maximum atomic E-state index is 8.54. The number of hydrogen-bond donors (Lipinski definition) is 2. The first-order valence-corrected chi connectivity index (χ1v) is 15.5. The van der Waals surface area contributed by atoms with Gasteiger partial charge < -0.3 is 20.4 Å². The quantitative estimate of drug-likeness (QED) is 0.291. The Hall–Kier alpha value is -2.30. The van der Waals surface area contributed by atoms with Crippen LogP contribution >= 0.6 is 11.6 Å². The molecule has 2 aliphatic carbocycles. The molecule has 1 saturated carbocycles. The van der Waals surface area contributed by atoms with Crippen LogP contribution in [-0.4, -0.2) is 38.0 Å². The number of aryl methyl sites for hydroxylation is 1. The van der Waals surface area contributed by atoms with E-state index in [1.165, 1.54) is 42.5 Å². The van der Waals surface area contributed by atoms with Gasteiger partial charge in [0.2, 0.25) is 0 Å². The fraction of sp³-hybridized carbons (Fsp3) is 0.559. The average molecular weight is 546 g/mol. The van der Waals surface area contributed by atoms with Gasteiger partial charge in [0.15, 0.2) is 0 Å². The van der Waals surface area contributed by atoms with E-state index in [-0.39, 0.29) is 10.8 Å². The highest BCUT2D eigenvalue weighted by Crippen LogP contribution is 2.48. The molecule has 5 atom stereocenters. The summed E-state index contributed by atoms with van der Waals surface area (Å²) in [4.78, 5) is 2.64. The van der Waals surface area contributed by atoms with Gasteiger partial charge in [-0.2, -0.15) is 0 Å². The number of rotatable bonds is 6. The van der Waals surface area contributed by atoms with Crippen molar-refractivity contribution in [3.05, 3.63) is 70.8 Å². The number of anilines is 1. The summed E-state index contributed by atoms with van der Waals surface area (Å²) in [5, 5.41) is 13.3. The predicted octanol–water partition coefficient (Wildman–Crippen LogP) is 7.56. The minimum Gasteiger partial charge on any atom is -0.490 e. The Kier molecular flexibility index (Phi) is 7.31. The molecule has 39 heavy (non-hydrogen) atoms. The molecule has 4 nitrogen and oxygen atoms in total. The standard InChI is InChI=1S/C34H44ClN3O/c1-4-29(36)24-9-13-32-31(18-24)38(20-25-8-11-27(25)30-19-33(3,5-2)15-16-37-30)21-34(22-39-32)14-6-7-23-17-26(35)10-12-28(23)34/h5,9-10,12-13,17-18,25,27,30,36-37H,2,4,6-8,11,14-16,19-22H2,1,3H3/t25?,27-,30-,33?,34+/m1/s1. The number of fused-ring (bicyclic) bond motifs is 3. The molecule has 2 unspecified atom stereocenters. The van der Waals surface area contributed by atoms with Crippen LogP contribution in [0.15, 0.2) is 49.1 Å². The van der Waals surface area contributed by atoms with Gasteiger partial charge in [0, 0.05) is 35.3 Å². The van der Waals surface area contributed by atoms with Crippen LogP contribution in [0.5, 0.6) is 5.75 Å². The van der Waals surface area contributed by atoms with Crippen molar-refractivity contribution in [2.75, 3.05) is 31.1 Å². The molecule has 5 heteroatoms. The molecule has 2 aromatic rings. The van der Waals surface area contributed by atoms with E-state index in [4.69, 9.17) is 21.7 Å². The van der Waals surface area contributed by atoms with Crippen molar-refractivity contribution in [2.45, 2.75) is 76.7 Å². The summed E-state index contributed by atoms with van der Waals surface area (Å²) in [5.74, 6) is 2.31. The second kappa shape index (κ2) is 10.6. The van der Waals surface area contributed by atoms with E-state index in [0.29, 0.717) is 30.2 Å². The Morgan fingerprint density at radius 1 is 1.23 bits per heavy atom. The molecule has 208 valence electrons. The highest BCUT2D eigenvalue weighted by Gasteiger charge is 2.45.